The number of ether oxygens (including phenoxy) is 2. The van der Waals surface area contributed by atoms with Gasteiger partial charge in [0.25, 0.3) is 5.91 Å². The smallest absolute Gasteiger partial charge is 0.325 e. The summed E-state index contributed by atoms with van der Waals surface area (Å²) in [7, 11) is 2.41. The van der Waals surface area contributed by atoms with Gasteiger partial charge in [0.1, 0.15) is 13.1 Å². The van der Waals surface area contributed by atoms with Gasteiger partial charge in [-0.1, -0.05) is 0 Å². The summed E-state index contributed by atoms with van der Waals surface area (Å²) in [4.78, 5) is 36.1. The van der Waals surface area contributed by atoms with Gasteiger partial charge < -0.3 is 14.4 Å². The summed E-state index contributed by atoms with van der Waals surface area (Å²) in [6.07, 6.45) is 0. The molecule has 0 aromatic carbocycles. The Labute approximate surface area is 116 Å². The summed E-state index contributed by atoms with van der Waals surface area (Å²) < 4.78 is 9.03. The summed E-state index contributed by atoms with van der Waals surface area (Å²) in [5.41, 5.74) is 1.39. The minimum Gasteiger partial charge on any atom is -0.468 e. The third-order valence-electron chi connectivity index (χ3n) is 2.72. The summed E-state index contributed by atoms with van der Waals surface area (Å²) in [6.45, 7) is 2.66. The van der Waals surface area contributed by atoms with Gasteiger partial charge in [0.05, 0.1) is 25.5 Å². The molecule has 1 amide bonds. The number of nitrogens with zero attached hydrogens (tertiary/aromatic N) is 2. The second-order valence-corrected chi connectivity index (χ2v) is 4.12. The Balaban J connectivity index is 3.00. The van der Waals surface area contributed by atoms with Gasteiger partial charge in [0.2, 0.25) is 0 Å². The molecule has 0 bridgehead atoms. The van der Waals surface area contributed by atoms with Crippen LogP contribution in [0.15, 0.2) is 0 Å². The van der Waals surface area contributed by atoms with E-state index in [1.165, 1.54) is 14.2 Å². The molecule has 1 aromatic rings. The highest BCUT2D eigenvalue weighted by molar-refractivity contribution is 5.99. The topological polar surface area (TPSA) is 102 Å². The fourth-order valence-electron chi connectivity index (χ4n) is 1.66. The normalized spacial score (nSPS) is 10.0. The number of rotatable bonds is 5. The molecule has 1 N–H and O–H groups in total. The van der Waals surface area contributed by atoms with Crippen molar-refractivity contribution in [1.29, 1.82) is 0 Å². The maximum atomic E-state index is 12.4. The molecule has 1 rings (SSSR count). The standard InChI is InChI=1S/C12H17N3O5/c1-7-11(8(2)14-13-7)12(18)15(5-9(16)19-3)6-10(17)20-4/h5-6H2,1-4H3,(H,13,14). The van der Waals surface area contributed by atoms with Crippen LogP contribution in [0.4, 0.5) is 0 Å². The third-order valence-corrected chi connectivity index (χ3v) is 2.72. The molecule has 0 atom stereocenters. The van der Waals surface area contributed by atoms with Crippen molar-refractivity contribution >= 4 is 17.8 Å². The highest BCUT2D eigenvalue weighted by atomic mass is 16.5. The maximum Gasteiger partial charge on any atom is 0.325 e. The van der Waals surface area contributed by atoms with Crippen molar-refractivity contribution in [3.05, 3.63) is 17.0 Å². The number of aromatic nitrogens is 2. The molecule has 0 unspecified atom stereocenters. The minimum atomic E-state index is -0.624. The molecule has 0 aliphatic heterocycles. The summed E-state index contributed by atoms with van der Waals surface area (Å²) in [5.74, 6) is -1.73. The van der Waals surface area contributed by atoms with Crippen LogP contribution in [-0.2, 0) is 19.1 Å². The molecule has 0 saturated heterocycles. The van der Waals surface area contributed by atoms with E-state index in [9.17, 15) is 14.4 Å². The summed E-state index contributed by atoms with van der Waals surface area (Å²) in [6, 6.07) is 0. The Bertz CT molecular complexity index is 486. The first-order chi connectivity index (χ1) is 9.40. The number of esters is 2. The SMILES string of the molecule is COC(=O)CN(CC(=O)OC)C(=O)c1c(C)n[nH]c1C. The molecular weight excluding hydrogens is 266 g/mol. The van der Waals surface area contributed by atoms with Crippen LogP contribution in [0.25, 0.3) is 0 Å². The van der Waals surface area contributed by atoms with E-state index in [0.29, 0.717) is 17.0 Å². The molecule has 0 spiro atoms. The van der Waals surface area contributed by atoms with Crippen LogP contribution in [0, 0.1) is 13.8 Å². The molecule has 0 aliphatic rings. The van der Waals surface area contributed by atoms with Gasteiger partial charge in [-0.05, 0) is 13.8 Å². The van der Waals surface area contributed by atoms with Crippen LogP contribution < -0.4 is 0 Å². The number of carbonyl (C=O) groups is 3. The van der Waals surface area contributed by atoms with Crippen molar-refractivity contribution in [2.75, 3.05) is 27.3 Å². The molecule has 0 fully saturated rings. The number of carbonyl (C=O) groups excluding carboxylic acids is 3. The van der Waals surface area contributed by atoms with E-state index >= 15 is 0 Å². The Morgan fingerprint density at radius 3 is 1.95 bits per heavy atom. The van der Waals surface area contributed by atoms with E-state index in [-0.39, 0.29) is 13.1 Å². The number of hydrogen-bond donors (Lipinski definition) is 1. The number of H-pyrrole nitrogens is 1. The number of amides is 1. The van der Waals surface area contributed by atoms with Crippen LogP contribution >= 0.6 is 0 Å². The maximum absolute atomic E-state index is 12.4. The van der Waals surface area contributed by atoms with Crippen LogP contribution in [0.2, 0.25) is 0 Å². The molecule has 0 radical (unpaired) electrons. The number of aromatic amines is 1. The quantitative estimate of drug-likeness (QED) is 0.752. The first kappa shape index (κ1) is 15.7. The van der Waals surface area contributed by atoms with Crippen molar-refractivity contribution in [3.8, 4) is 0 Å². The van der Waals surface area contributed by atoms with E-state index in [4.69, 9.17) is 0 Å². The van der Waals surface area contributed by atoms with Crippen molar-refractivity contribution in [1.82, 2.24) is 15.1 Å². The van der Waals surface area contributed by atoms with Gasteiger partial charge in [-0.3, -0.25) is 19.5 Å². The van der Waals surface area contributed by atoms with Crippen molar-refractivity contribution in [3.63, 3.8) is 0 Å². The van der Waals surface area contributed by atoms with E-state index in [1.807, 2.05) is 0 Å². The van der Waals surface area contributed by atoms with Gasteiger partial charge in [-0.2, -0.15) is 5.10 Å². The van der Waals surface area contributed by atoms with Gasteiger partial charge in [-0.25, -0.2) is 0 Å². The van der Waals surface area contributed by atoms with E-state index in [1.54, 1.807) is 13.8 Å². The Morgan fingerprint density at radius 1 is 1.10 bits per heavy atom. The molecule has 0 aliphatic carbocycles. The largest absolute Gasteiger partial charge is 0.468 e. The Kier molecular flexibility index (Phi) is 5.24. The Hall–Kier alpha value is -2.38. The lowest BCUT2D eigenvalue weighted by molar-refractivity contribution is -0.144. The second kappa shape index (κ2) is 6.69. The zero-order chi connectivity index (χ0) is 15.3. The van der Waals surface area contributed by atoms with Gasteiger partial charge in [0, 0.05) is 5.69 Å². The summed E-state index contributed by atoms with van der Waals surface area (Å²) in [5, 5.41) is 6.59. The molecule has 20 heavy (non-hydrogen) atoms. The highest BCUT2D eigenvalue weighted by Gasteiger charge is 2.26. The molecule has 8 nitrogen and oxygen atoms in total. The third kappa shape index (κ3) is 3.56. The van der Waals surface area contributed by atoms with E-state index in [0.717, 1.165) is 4.90 Å². The molecule has 0 saturated carbocycles. The van der Waals surface area contributed by atoms with Crippen molar-refractivity contribution in [2.24, 2.45) is 0 Å². The molecular formula is C12H17N3O5. The minimum absolute atomic E-state index is 0.331. The van der Waals surface area contributed by atoms with Crippen LogP contribution in [0.1, 0.15) is 21.7 Å². The zero-order valence-corrected chi connectivity index (χ0v) is 11.8. The Morgan fingerprint density at radius 2 is 1.60 bits per heavy atom. The average Bonchev–Trinajstić information content (AvgIpc) is 2.76. The van der Waals surface area contributed by atoms with Gasteiger partial charge in [-0.15, -0.1) is 0 Å². The fraction of sp³-hybridized carbons (Fsp3) is 0.500. The van der Waals surface area contributed by atoms with E-state index < -0.39 is 17.8 Å². The van der Waals surface area contributed by atoms with Gasteiger partial charge in [0.15, 0.2) is 0 Å². The predicted octanol–water partition coefficient (Wildman–Crippen LogP) is -0.185. The molecule has 1 heterocycles. The van der Waals surface area contributed by atoms with Crippen LogP contribution in [0.5, 0.6) is 0 Å². The van der Waals surface area contributed by atoms with Crippen LogP contribution in [0.3, 0.4) is 0 Å². The van der Waals surface area contributed by atoms with E-state index in [2.05, 4.69) is 19.7 Å². The number of methoxy groups -OCH3 is 2. The first-order valence-electron chi connectivity index (χ1n) is 5.85. The average molecular weight is 283 g/mol. The zero-order valence-electron chi connectivity index (χ0n) is 11.8. The fourth-order valence-corrected chi connectivity index (χ4v) is 1.66. The highest BCUT2D eigenvalue weighted by Crippen LogP contribution is 2.13. The monoisotopic (exact) mass is 283 g/mol. The first-order valence-corrected chi connectivity index (χ1v) is 5.85. The number of nitrogens with one attached hydrogen (secondary N) is 1. The number of hydrogen-bond acceptors (Lipinski definition) is 6. The summed E-state index contributed by atoms with van der Waals surface area (Å²) >= 11 is 0. The van der Waals surface area contributed by atoms with Crippen molar-refractivity contribution in [2.45, 2.75) is 13.8 Å². The lowest BCUT2D eigenvalue weighted by Crippen LogP contribution is -2.40. The lowest BCUT2D eigenvalue weighted by atomic mass is 10.1. The molecule has 8 heteroatoms. The second-order valence-electron chi connectivity index (χ2n) is 4.12. The van der Waals surface area contributed by atoms with Crippen LogP contribution in [-0.4, -0.2) is 60.3 Å². The predicted molar refractivity (Wildman–Crippen MR) is 68.0 cm³/mol. The number of aryl methyl sites for hydroxylation is 2. The lowest BCUT2D eigenvalue weighted by Gasteiger charge is -2.20. The van der Waals surface area contributed by atoms with Crippen molar-refractivity contribution < 1.29 is 23.9 Å². The van der Waals surface area contributed by atoms with Gasteiger partial charge >= 0.3 is 11.9 Å². The molecule has 110 valence electrons. The molecule has 1 aromatic heterocycles.